The number of anilines is 1. The predicted molar refractivity (Wildman–Crippen MR) is 79.9 cm³/mol. The van der Waals surface area contributed by atoms with Crippen molar-refractivity contribution in [1.82, 2.24) is 9.97 Å². The minimum Gasteiger partial charge on any atom is -0.439 e. The van der Waals surface area contributed by atoms with Gasteiger partial charge in [0.15, 0.2) is 5.16 Å². The molecular formula is C12H11Cl2N3OS. The highest BCUT2D eigenvalue weighted by Gasteiger charge is 2.07. The first kappa shape index (κ1) is 14.2. The Balaban J connectivity index is 2.29. The van der Waals surface area contributed by atoms with Gasteiger partial charge in [0, 0.05) is 19.2 Å². The number of thioether (sulfide) groups is 1. The predicted octanol–water partition coefficient (Wildman–Crippen LogP) is 4.34. The van der Waals surface area contributed by atoms with E-state index in [1.165, 1.54) is 11.8 Å². The Bertz CT molecular complexity index is 573. The number of nitrogens with zero attached hydrogens (tertiary/aromatic N) is 2. The van der Waals surface area contributed by atoms with Crippen LogP contribution in [-0.4, -0.2) is 23.3 Å². The van der Waals surface area contributed by atoms with Crippen LogP contribution in [0.1, 0.15) is 0 Å². The molecule has 0 saturated heterocycles. The van der Waals surface area contributed by atoms with E-state index in [9.17, 15) is 0 Å². The lowest BCUT2D eigenvalue weighted by molar-refractivity contribution is 0.456. The average molecular weight is 316 g/mol. The summed E-state index contributed by atoms with van der Waals surface area (Å²) < 4.78 is 5.65. The zero-order chi connectivity index (χ0) is 13.8. The number of nitrogens with one attached hydrogen (secondary N) is 1. The van der Waals surface area contributed by atoms with Crippen molar-refractivity contribution >= 4 is 40.8 Å². The van der Waals surface area contributed by atoms with Crippen molar-refractivity contribution in [2.24, 2.45) is 0 Å². The fourth-order valence-corrected chi connectivity index (χ4v) is 2.00. The molecule has 0 atom stereocenters. The molecule has 1 N–H and O–H groups in total. The molecule has 2 rings (SSSR count). The van der Waals surface area contributed by atoms with Crippen LogP contribution in [0, 0.1) is 0 Å². The Morgan fingerprint density at radius 2 is 1.95 bits per heavy atom. The number of hydrogen-bond acceptors (Lipinski definition) is 5. The van der Waals surface area contributed by atoms with Crippen LogP contribution in [0.15, 0.2) is 29.4 Å². The first-order chi connectivity index (χ1) is 9.12. The topological polar surface area (TPSA) is 47.0 Å². The van der Waals surface area contributed by atoms with E-state index >= 15 is 0 Å². The van der Waals surface area contributed by atoms with E-state index in [0.29, 0.717) is 32.6 Å². The molecule has 0 amide bonds. The molecule has 2 aromatic rings. The maximum absolute atomic E-state index is 5.94. The molecule has 0 fully saturated rings. The van der Waals surface area contributed by atoms with Crippen LogP contribution in [0.2, 0.25) is 10.0 Å². The monoisotopic (exact) mass is 315 g/mol. The second-order valence-corrected chi connectivity index (χ2v) is 5.09. The molecule has 1 aromatic heterocycles. The van der Waals surface area contributed by atoms with Gasteiger partial charge in [0.25, 0.3) is 0 Å². The van der Waals surface area contributed by atoms with Crippen LogP contribution in [0.25, 0.3) is 0 Å². The number of benzene rings is 1. The molecule has 100 valence electrons. The van der Waals surface area contributed by atoms with Gasteiger partial charge in [0.2, 0.25) is 5.88 Å². The molecule has 0 spiro atoms. The summed E-state index contributed by atoms with van der Waals surface area (Å²) in [6, 6.07) is 6.76. The summed E-state index contributed by atoms with van der Waals surface area (Å²) in [6.07, 6.45) is 1.90. The first-order valence-electron chi connectivity index (χ1n) is 5.36. The molecule has 0 radical (unpaired) electrons. The molecular weight excluding hydrogens is 305 g/mol. The molecule has 1 heterocycles. The Kier molecular flexibility index (Phi) is 4.74. The van der Waals surface area contributed by atoms with Crippen LogP contribution >= 0.6 is 35.0 Å². The van der Waals surface area contributed by atoms with E-state index < -0.39 is 0 Å². The number of rotatable bonds is 4. The highest BCUT2D eigenvalue weighted by molar-refractivity contribution is 7.98. The molecule has 19 heavy (non-hydrogen) atoms. The second-order valence-electron chi connectivity index (χ2n) is 3.51. The van der Waals surface area contributed by atoms with Gasteiger partial charge in [-0.1, -0.05) is 35.0 Å². The number of ether oxygens (including phenoxy) is 1. The lowest BCUT2D eigenvalue weighted by atomic mass is 10.3. The van der Waals surface area contributed by atoms with Crippen LogP contribution in [-0.2, 0) is 0 Å². The largest absolute Gasteiger partial charge is 0.439 e. The fraction of sp³-hybridized carbons (Fsp3) is 0.167. The van der Waals surface area contributed by atoms with Gasteiger partial charge in [-0.3, -0.25) is 0 Å². The quantitative estimate of drug-likeness (QED) is 0.671. The second kappa shape index (κ2) is 6.32. The van der Waals surface area contributed by atoms with Crippen molar-refractivity contribution in [1.29, 1.82) is 0 Å². The van der Waals surface area contributed by atoms with Gasteiger partial charge in [-0.25, -0.2) is 4.98 Å². The van der Waals surface area contributed by atoms with Gasteiger partial charge in [-0.15, -0.1) is 0 Å². The van der Waals surface area contributed by atoms with E-state index in [-0.39, 0.29) is 0 Å². The normalized spacial score (nSPS) is 10.3. The highest BCUT2D eigenvalue weighted by Crippen LogP contribution is 2.29. The first-order valence-corrected chi connectivity index (χ1v) is 7.34. The van der Waals surface area contributed by atoms with Crippen molar-refractivity contribution in [3.63, 3.8) is 0 Å². The third-order valence-corrected chi connectivity index (χ3v) is 3.52. The van der Waals surface area contributed by atoms with Gasteiger partial charge in [-0.2, -0.15) is 4.98 Å². The van der Waals surface area contributed by atoms with Crippen molar-refractivity contribution in [3.8, 4) is 11.6 Å². The minimum absolute atomic E-state index is 0.437. The van der Waals surface area contributed by atoms with E-state index in [1.54, 1.807) is 31.3 Å². The summed E-state index contributed by atoms with van der Waals surface area (Å²) in [5.74, 6) is 1.71. The van der Waals surface area contributed by atoms with Gasteiger partial charge in [0.1, 0.15) is 11.6 Å². The summed E-state index contributed by atoms with van der Waals surface area (Å²) >= 11 is 13.2. The Morgan fingerprint density at radius 3 is 2.58 bits per heavy atom. The lowest BCUT2D eigenvalue weighted by Crippen LogP contribution is -1.98. The smallest absolute Gasteiger partial charge is 0.225 e. The molecule has 1 aromatic carbocycles. The highest BCUT2D eigenvalue weighted by atomic mass is 35.5. The van der Waals surface area contributed by atoms with E-state index in [1.807, 2.05) is 6.26 Å². The SMILES string of the molecule is CNc1cc(Oc2ccc(Cl)c(Cl)c2)nc(SC)n1. The van der Waals surface area contributed by atoms with Crippen LogP contribution in [0.4, 0.5) is 5.82 Å². The molecule has 0 bridgehead atoms. The van der Waals surface area contributed by atoms with E-state index in [4.69, 9.17) is 27.9 Å². The molecule has 0 unspecified atom stereocenters. The van der Waals surface area contributed by atoms with Crippen LogP contribution < -0.4 is 10.1 Å². The van der Waals surface area contributed by atoms with Crippen molar-refractivity contribution in [2.75, 3.05) is 18.6 Å². The van der Waals surface area contributed by atoms with Gasteiger partial charge in [-0.05, 0) is 18.4 Å². The summed E-state index contributed by atoms with van der Waals surface area (Å²) in [4.78, 5) is 8.52. The summed E-state index contributed by atoms with van der Waals surface area (Å²) in [5, 5.41) is 4.50. The molecule has 0 aliphatic carbocycles. The maximum atomic E-state index is 5.94. The van der Waals surface area contributed by atoms with Crippen LogP contribution in [0.5, 0.6) is 11.6 Å². The minimum atomic E-state index is 0.437. The number of aromatic nitrogens is 2. The maximum Gasteiger partial charge on any atom is 0.225 e. The van der Waals surface area contributed by atoms with Crippen molar-refractivity contribution in [2.45, 2.75) is 5.16 Å². The fourth-order valence-electron chi connectivity index (χ4n) is 1.34. The third kappa shape index (κ3) is 3.65. The van der Waals surface area contributed by atoms with Crippen LogP contribution in [0.3, 0.4) is 0 Å². The Labute approximate surface area is 125 Å². The number of hydrogen-bond donors (Lipinski definition) is 1. The zero-order valence-corrected chi connectivity index (χ0v) is 12.6. The third-order valence-electron chi connectivity index (χ3n) is 2.23. The van der Waals surface area contributed by atoms with E-state index in [0.717, 1.165) is 0 Å². The van der Waals surface area contributed by atoms with Crippen molar-refractivity contribution < 1.29 is 4.74 Å². The molecule has 0 aliphatic heterocycles. The van der Waals surface area contributed by atoms with Gasteiger partial charge < -0.3 is 10.1 Å². The zero-order valence-electron chi connectivity index (χ0n) is 10.3. The number of halogens is 2. The Hall–Kier alpha value is -1.17. The summed E-state index contributed by atoms with van der Waals surface area (Å²) in [6.45, 7) is 0. The van der Waals surface area contributed by atoms with Gasteiger partial charge >= 0.3 is 0 Å². The molecule has 0 saturated carbocycles. The molecule has 0 aliphatic rings. The van der Waals surface area contributed by atoms with Gasteiger partial charge in [0.05, 0.1) is 10.0 Å². The lowest BCUT2D eigenvalue weighted by Gasteiger charge is -2.08. The van der Waals surface area contributed by atoms with E-state index in [2.05, 4.69) is 15.3 Å². The standard InChI is InChI=1S/C12H11Cl2N3OS/c1-15-10-6-11(17-12(16-10)19-2)18-7-3-4-8(13)9(14)5-7/h3-6H,1-2H3,(H,15,16,17). The van der Waals surface area contributed by atoms with Crippen molar-refractivity contribution in [3.05, 3.63) is 34.3 Å². The Morgan fingerprint density at radius 1 is 1.16 bits per heavy atom. The molecule has 4 nitrogen and oxygen atoms in total. The molecule has 7 heteroatoms. The average Bonchev–Trinajstić information content (AvgIpc) is 2.42. The summed E-state index contributed by atoms with van der Waals surface area (Å²) in [7, 11) is 1.79. The summed E-state index contributed by atoms with van der Waals surface area (Å²) in [5.41, 5.74) is 0.